The van der Waals surface area contributed by atoms with E-state index < -0.39 is 0 Å². The molecule has 0 saturated heterocycles. The lowest BCUT2D eigenvalue weighted by molar-refractivity contribution is -0.115. The maximum Gasteiger partial charge on any atom is 0.239 e. The van der Waals surface area contributed by atoms with Crippen molar-refractivity contribution >= 4 is 45.7 Å². The van der Waals surface area contributed by atoms with E-state index in [-0.39, 0.29) is 11.2 Å². The molecule has 25 heavy (non-hydrogen) atoms. The van der Waals surface area contributed by atoms with Crippen molar-refractivity contribution in [2.75, 3.05) is 5.32 Å². The molecule has 0 aliphatic rings. The summed E-state index contributed by atoms with van der Waals surface area (Å²) < 4.78 is 0. The molecule has 0 aliphatic heterocycles. The Morgan fingerprint density at radius 3 is 2.56 bits per heavy atom. The van der Waals surface area contributed by atoms with Gasteiger partial charge in [-0.3, -0.25) is 10.1 Å². The lowest BCUT2D eigenvalue weighted by Gasteiger charge is -2.13. The topological polar surface area (TPSA) is 54.9 Å². The number of halogens is 1. The van der Waals surface area contributed by atoms with Crippen LogP contribution in [0.4, 0.5) is 5.13 Å². The van der Waals surface area contributed by atoms with Gasteiger partial charge in [0.15, 0.2) is 0 Å². The van der Waals surface area contributed by atoms with Gasteiger partial charge in [0, 0.05) is 15.5 Å². The van der Waals surface area contributed by atoms with Gasteiger partial charge in [-0.05, 0) is 30.7 Å². The fraction of sp³-hybridized carbons (Fsp3) is 0.167. The van der Waals surface area contributed by atoms with Crippen molar-refractivity contribution in [2.24, 2.45) is 0 Å². The number of nitrogens with one attached hydrogen (secondary N) is 1. The van der Waals surface area contributed by atoms with Crippen LogP contribution in [0.3, 0.4) is 0 Å². The van der Waals surface area contributed by atoms with Crippen LogP contribution < -0.4 is 5.32 Å². The van der Waals surface area contributed by atoms with Gasteiger partial charge < -0.3 is 0 Å². The third-order valence-corrected chi connectivity index (χ3v) is 5.95. The quantitative estimate of drug-likeness (QED) is 0.576. The zero-order valence-electron chi connectivity index (χ0n) is 13.5. The molecule has 3 aromatic rings. The molecule has 0 radical (unpaired) electrons. The van der Waals surface area contributed by atoms with E-state index in [0.717, 1.165) is 15.5 Å². The number of nitrogens with zero attached hydrogens (tertiary/aromatic N) is 2. The molecule has 0 spiro atoms. The molecule has 1 N–H and O–H groups in total. The van der Waals surface area contributed by atoms with Crippen molar-refractivity contribution < 1.29 is 4.79 Å². The number of hydrogen-bond donors (Lipinski definition) is 1. The summed E-state index contributed by atoms with van der Waals surface area (Å²) in [5.74, 6) is -0.0711. The van der Waals surface area contributed by atoms with E-state index in [2.05, 4.69) is 15.5 Å². The highest BCUT2D eigenvalue weighted by Crippen LogP contribution is 2.29. The van der Waals surface area contributed by atoms with E-state index in [1.165, 1.54) is 23.1 Å². The van der Waals surface area contributed by atoms with E-state index in [1.807, 2.05) is 61.5 Å². The zero-order valence-corrected chi connectivity index (χ0v) is 15.9. The van der Waals surface area contributed by atoms with Crippen LogP contribution in [0.2, 0.25) is 5.02 Å². The molecule has 4 nitrogen and oxygen atoms in total. The largest absolute Gasteiger partial charge is 0.300 e. The fourth-order valence-electron chi connectivity index (χ4n) is 2.16. The first kappa shape index (κ1) is 17.9. The summed E-state index contributed by atoms with van der Waals surface area (Å²) >= 11 is 8.79. The Kier molecular flexibility index (Phi) is 6.07. The molecule has 3 rings (SSSR count). The summed E-state index contributed by atoms with van der Waals surface area (Å²) in [4.78, 5) is 13.5. The van der Waals surface area contributed by atoms with Gasteiger partial charge in [-0.15, -0.1) is 22.0 Å². The van der Waals surface area contributed by atoms with Gasteiger partial charge in [-0.2, -0.15) is 0 Å². The molecule has 2 aromatic carbocycles. The van der Waals surface area contributed by atoms with E-state index >= 15 is 0 Å². The SMILES string of the molecule is CCC(Sc1ccc(Cl)cc1)C(=O)Nc1nnc(-c2ccccc2)s1. The zero-order chi connectivity index (χ0) is 17.6. The Morgan fingerprint density at radius 1 is 1.16 bits per heavy atom. The molecule has 1 unspecified atom stereocenters. The number of thioether (sulfide) groups is 1. The van der Waals surface area contributed by atoms with Crippen LogP contribution in [0.5, 0.6) is 0 Å². The number of carbonyl (C=O) groups excluding carboxylic acids is 1. The molecule has 7 heteroatoms. The highest BCUT2D eigenvalue weighted by Gasteiger charge is 2.19. The highest BCUT2D eigenvalue weighted by atomic mass is 35.5. The van der Waals surface area contributed by atoms with Crippen molar-refractivity contribution in [3.63, 3.8) is 0 Å². The van der Waals surface area contributed by atoms with Crippen molar-refractivity contribution in [3.05, 3.63) is 59.6 Å². The monoisotopic (exact) mass is 389 g/mol. The van der Waals surface area contributed by atoms with Gasteiger partial charge in [0.2, 0.25) is 11.0 Å². The predicted molar refractivity (Wildman–Crippen MR) is 105 cm³/mol. The van der Waals surface area contributed by atoms with Crippen LogP contribution in [0, 0.1) is 0 Å². The van der Waals surface area contributed by atoms with Crippen LogP contribution in [0.1, 0.15) is 13.3 Å². The van der Waals surface area contributed by atoms with E-state index in [4.69, 9.17) is 11.6 Å². The minimum Gasteiger partial charge on any atom is -0.300 e. The first-order chi connectivity index (χ1) is 12.2. The Morgan fingerprint density at radius 2 is 1.88 bits per heavy atom. The summed E-state index contributed by atoms with van der Waals surface area (Å²) in [6, 6.07) is 17.3. The summed E-state index contributed by atoms with van der Waals surface area (Å²) in [6.07, 6.45) is 0.712. The number of anilines is 1. The van der Waals surface area contributed by atoms with E-state index in [0.29, 0.717) is 16.6 Å². The van der Waals surface area contributed by atoms with E-state index in [1.54, 1.807) is 0 Å². The van der Waals surface area contributed by atoms with Gasteiger partial charge in [0.05, 0.1) is 5.25 Å². The third-order valence-electron chi connectivity index (χ3n) is 3.43. The normalized spacial score (nSPS) is 11.9. The number of carbonyl (C=O) groups is 1. The molecule has 1 amide bonds. The third kappa shape index (κ3) is 4.81. The van der Waals surface area contributed by atoms with Gasteiger partial charge in [-0.1, -0.05) is 60.2 Å². The molecule has 0 fully saturated rings. The van der Waals surface area contributed by atoms with Gasteiger partial charge in [0.25, 0.3) is 0 Å². The first-order valence-corrected chi connectivity index (χ1v) is 9.85. The van der Waals surface area contributed by atoms with Crippen LogP contribution in [0.15, 0.2) is 59.5 Å². The van der Waals surface area contributed by atoms with Gasteiger partial charge in [0.1, 0.15) is 5.01 Å². The molecule has 1 heterocycles. The van der Waals surface area contributed by atoms with Crippen LogP contribution in [0.25, 0.3) is 10.6 Å². The molecular weight excluding hydrogens is 374 g/mol. The number of benzene rings is 2. The van der Waals surface area contributed by atoms with Crippen LogP contribution in [-0.4, -0.2) is 21.4 Å². The molecule has 0 saturated carbocycles. The Labute approximate surface area is 159 Å². The lowest BCUT2D eigenvalue weighted by Crippen LogP contribution is -2.24. The standard InChI is InChI=1S/C18H16ClN3OS2/c1-2-15(24-14-10-8-13(19)9-11-14)16(23)20-18-22-21-17(25-18)12-6-4-3-5-7-12/h3-11,15H,2H2,1H3,(H,20,22,23). The fourth-order valence-corrected chi connectivity index (χ4v) is 3.99. The molecule has 128 valence electrons. The Balaban J connectivity index is 1.66. The second kappa shape index (κ2) is 8.47. The Bertz CT molecular complexity index is 837. The van der Waals surface area contributed by atoms with Gasteiger partial charge in [-0.25, -0.2) is 0 Å². The average Bonchev–Trinajstić information content (AvgIpc) is 3.10. The Hall–Kier alpha value is -1.89. The number of amides is 1. The first-order valence-electron chi connectivity index (χ1n) is 7.77. The van der Waals surface area contributed by atoms with Crippen molar-refractivity contribution in [3.8, 4) is 10.6 Å². The summed E-state index contributed by atoms with van der Waals surface area (Å²) in [5, 5.41) is 12.9. The van der Waals surface area contributed by atoms with Crippen molar-refractivity contribution in [1.82, 2.24) is 10.2 Å². The van der Waals surface area contributed by atoms with Crippen LogP contribution in [-0.2, 0) is 4.79 Å². The minimum absolute atomic E-state index is 0.0711. The summed E-state index contributed by atoms with van der Waals surface area (Å²) in [7, 11) is 0. The maximum absolute atomic E-state index is 12.5. The van der Waals surface area contributed by atoms with Crippen LogP contribution >= 0.6 is 34.7 Å². The number of hydrogen-bond acceptors (Lipinski definition) is 5. The highest BCUT2D eigenvalue weighted by molar-refractivity contribution is 8.00. The molecule has 0 bridgehead atoms. The van der Waals surface area contributed by atoms with Crippen molar-refractivity contribution in [1.29, 1.82) is 0 Å². The second-order valence-electron chi connectivity index (χ2n) is 5.24. The smallest absolute Gasteiger partial charge is 0.239 e. The van der Waals surface area contributed by atoms with Gasteiger partial charge >= 0.3 is 0 Å². The number of rotatable bonds is 6. The predicted octanol–water partition coefficient (Wildman–Crippen LogP) is 5.37. The second-order valence-corrected chi connectivity index (χ2v) is 7.93. The summed E-state index contributed by atoms with van der Waals surface area (Å²) in [6.45, 7) is 1.99. The molecule has 0 aliphatic carbocycles. The number of aromatic nitrogens is 2. The summed E-state index contributed by atoms with van der Waals surface area (Å²) in [5.41, 5.74) is 0.989. The lowest BCUT2D eigenvalue weighted by atomic mass is 10.2. The van der Waals surface area contributed by atoms with E-state index in [9.17, 15) is 4.79 Å². The van der Waals surface area contributed by atoms with Crippen molar-refractivity contribution in [2.45, 2.75) is 23.5 Å². The minimum atomic E-state index is -0.203. The molecular formula is C18H16ClN3OS2. The average molecular weight is 390 g/mol. The molecule has 1 atom stereocenters. The molecule has 1 aromatic heterocycles. The maximum atomic E-state index is 12.5.